The first-order valence-corrected chi connectivity index (χ1v) is 41.0. The number of hydrogen-bond acceptors (Lipinski definition) is 50. The van der Waals surface area contributed by atoms with E-state index in [-0.39, 0.29) is 0 Å². The van der Waals surface area contributed by atoms with Gasteiger partial charge in [0, 0.05) is 41.5 Å². The molecule has 0 aromatic heterocycles. The maximum absolute atomic E-state index is 13.6. The van der Waals surface area contributed by atoms with E-state index in [1.165, 1.54) is 6.92 Å². The molecule has 10 rings (SSSR count). The minimum atomic E-state index is -2.82. The molecule has 10 aliphatic rings. The number of aliphatic hydroxyl groups excluding tert-OH is 25. The predicted molar refractivity (Wildman–Crippen MR) is 398 cm³/mol. The highest BCUT2D eigenvalue weighted by atomic mass is 16.8. The van der Waals surface area contributed by atoms with Crippen LogP contribution in [-0.4, -0.2) is 529 Å². The van der Waals surface area contributed by atoms with Crippen molar-refractivity contribution in [3.63, 3.8) is 0 Å². The van der Waals surface area contributed by atoms with Crippen LogP contribution in [0.5, 0.6) is 0 Å². The number of carbonyl (C=O) groups excluding carboxylic acids is 6. The van der Waals surface area contributed by atoms with E-state index in [1.54, 1.807) is 0 Å². The molecule has 0 bridgehead atoms. The van der Waals surface area contributed by atoms with E-state index >= 15 is 0 Å². The van der Waals surface area contributed by atoms with Crippen LogP contribution in [0.25, 0.3) is 0 Å². The summed E-state index contributed by atoms with van der Waals surface area (Å²) in [7, 11) is 0. The maximum atomic E-state index is 13.6. The van der Waals surface area contributed by atoms with E-state index < -0.39 is 402 Å². The summed E-state index contributed by atoms with van der Waals surface area (Å²) in [6, 6.07) is -11.7. The quantitative estimate of drug-likeness (QED) is 0.0290. The molecule has 31 N–H and O–H groups in total. The summed E-state index contributed by atoms with van der Waals surface area (Å²) >= 11 is 0. The number of ether oxygens (including phenoxy) is 19. The lowest BCUT2D eigenvalue weighted by Gasteiger charge is -2.53. The molecule has 0 spiro atoms. The van der Waals surface area contributed by atoms with E-state index in [4.69, 9.17) is 90.0 Å². The molecule has 0 aliphatic carbocycles. The van der Waals surface area contributed by atoms with Crippen molar-refractivity contribution in [1.82, 2.24) is 31.9 Å². The van der Waals surface area contributed by atoms with E-state index in [0.717, 1.165) is 41.5 Å². The van der Waals surface area contributed by atoms with E-state index in [0.29, 0.717) is 0 Å². The van der Waals surface area contributed by atoms with Crippen molar-refractivity contribution in [3.8, 4) is 0 Å². The normalized spacial score (nSPS) is 47.8. The van der Waals surface area contributed by atoms with Gasteiger partial charge in [-0.05, 0) is 6.92 Å². The van der Waals surface area contributed by atoms with Crippen molar-refractivity contribution in [3.05, 3.63) is 0 Å². The minimum Gasteiger partial charge on any atom is -0.394 e. The van der Waals surface area contributed by atoms with Crippen LogP contribution >= 0.6 is 0 Å². The Balaban J connectivity index is 1.12. The molecule has 50 atom stereocenters. The highest BCUT2D eigenvalue weighted by Gasteiger charge is 2.63. The number of nitrogens with one attached hydrogen (secondary N) is 6. The van der Waals surface area contributed by atoms with Gasteiger partial charge in [0.1, 0.15) is 238 Å². The molecule has 0 unspecified atom stereocenters. The van der Waals surface area contributed by atoms with Gasteiger partial charge in [-0.3, -0.25) is 28.8 Å². The van der Waals surface area contributed by atoms with Gasteiger partial charge in [0.2, 0.25) is 35.4 Å². The average Bonchev–Trinajstić information content (AvgIpc) is 0.752. The van der Waals surface area contributed by atoms with Crippen molar-refractivity contribution in [1.29, 1.82) is 0 Å². The Bertz CT molecular complexity index is 3550. The second kappa shape index (κ2) is 46.1. The van der Waals surface area contributed by atoms with Gasteiger partial charge in [0.15, 0.2) is 62.9 Å². The van der Waals surface area contributed by atoms with Crippen molar-refractivity contribution in [2.45, 2.75) is 355 Å². The van der Waals surface area contributed by atoms with Gasteiger partial charge in [-0.2, -0.15) is 0 Å². The molecule has 56 nitrogen and oxygen atoms in total. The minimum absolute atomic E-state index is 0.871. The van der Waals surface area contributed by atoms with E-state index in [2.05, 4.69) is 31.9 Å². The second-order valence-electron chi connectivity index (χ2n) is 32.5. The highest BCUT2D eigenvalue weighted by molar-refractivity contribution is 5.75. The summed E-state index contributed by atoms with van der Waals surface area (Å²) in [4.78, 5) is 77.8. The van der Waals surface area contributed by atoms with Crippen LogP contribution in [0, 0.1) is 0 Å². The first-order valence-electron chi connectivity index (χ1n) is 41.0. The molecule has 0 aromatic rings. The van der Waals surface area contributed by atoms with Gasteiger partial charge in [-0.15, -0.1) is 0 Å². The molecule has 0 aromatic carbocycles. The van der Waals surface area contributed by atoms with Crippen LogP contribution in [0.2, 0.25) is 0 Å². The maximum Gasteiger partial charge on any atom is 0.217 e. The molecule has 10 fully saturated rings. The van der Waals surface area contributed by atoms with Gasteiger partial charge in [-0.1, -0.05) is 0 Å². The monoisotopic (exact) mass is 1870 g/mol. The molecule has 128 heavy (non-hydrogen) atoms. The summed E-state index contributed by atoms with van der Waals surface area (Å²) in [6.07, 6.45) is -95.0. The predicted octanol–water partition coefficient (Wildman–Crippen LogP) is -20.9. The first kappa shape index (κ1) is 105. The summed E-state index contributed by atoms with van der Waals surface area (Å²) in [5.41, 5.74) is 0. The van der Waals surface area contributed by atoms with Gasteiger partial charge in [-0.25, -0.2) is 0 Å². The Morgan fingerprint density at radius 1 is 0.219 bits per heavy atom. The lowest BCUT2D eigenvalue weighted by molar-refractivity contribution is -0.412. The van der Waals surface area contributed by atoms with Gasteiger partial charge >= 0.3 is 0 Å². The fourth-order valence-corrected chi connectivity index (χ4v) is 16.6. The van der Waals surface area contributed by atoms with Crippen molar-refractivity contribution < 1.29 is 246 Å². The summed E-state index contributed by atoms with van der Waals surface area (Å²) < 4.78 is 117. The molecule has 56 heteroatoms. The van der Waals surface area contributed by atoms with Crippen LogP contribution in [0.1, 0.15) is 48.5 Å². The lowest BCUT2D eigenvalue weighted by atomic mass is 9.93. The van der Waals surface area contributed by atoms with E-state index in [1.807, 2.05) is 0 Å². The molecule has 10 aliphatic heterocycles. The molecular weight excluding hydrogens is 1750 g/mol. The molecule has 10 heterocycles. The Kier molecular flexibility index (Phi) is 37.8. The SMILES string of the molecule is CC(=O)N[C@@H]1[C@@H](O)[C@H](O[C@@H]2O[C@H](CO)[C@@H](O[C@@H]3O[C@H](CO[C@H]4O[C@H](CO)[C@@H](O)[C@H](O)[C@@H]4O[C@@H]4O[C@H](CO)[C@@H](O)[C@H](O)[C@H]4NC(C)=O)[C@@H](O[C@@H]4O[C@H](CO)[C@@H](O)[C@H](O)[C@H]4NC(C)=O)[C@H](O[C@H]4O[C@H](CO)[C@@H](O[C@@H]5O[C@H](CO)[C@@H](O)[C@H](O)[C@H]5NC(C)=O)[C@H](O)[C@@H]4O[C@@H]4O[C@H](CO)[C@@H](O)[C@H](O)[C@H]4NC(C)=O)[C@@H]3O)[C@H](O)[C@H]2NC(C)=O)[C@@H](CO[C@@H]2O[C@@H](C)[C@@H](O)[C@@H](O)[C@@H]2O)O[C@H]1O. The van der Waals surface area contributed by atoms with Crippen molar-refractivity contribution in [2.75, 3.05) is 59.5 Å². The van der Waals surface area contributed by atoms with E-state index in [9.17, 15) is 156 Å². The largest absolute Gasteiger partial charge is 0.394 e. The molecule has 10 saturated heterocycles. The second-order valence-corrected chi connectivity index (χ2v) is 32.5. The number of amides is 6. The third-order valence-electron chi connectivity index (χ3n) is 23.2. The van der Waals surface area contributed by atoms with Gasteiger partial charge in [0.05, 0.1) is 65.6 Å². The Morgan fingerprint density at radius 2 is 0.484 bits per heavy atom. The molecule has 6 amide bonds. The molecular formula is C72H120N6O50. The van der Waals surface area contributed by atoms with Crippen molar-refractivity contribution in [2.24, 2.45) is 0 Å². The van der Waals surface area contributed by atoms with Crippen LogP contribution < -0.4 is 31.9 Å². The number of carbonyl (C=O) groups is 6. The standard InChI is InChI=1S/C72H120N6O50/c1-17-39(92)51(104)53(106)69(112-17)110-15-31-58(49(102)33(63(109)113-31)73-18(2)86)123-68-38(78-23(7)91)50(103)56(29(13-84)119-68)124-70-55(108)60(126-72-62(128-67-37(77-22(6)90)48(101)43(96)27(11-82)117-67)54(107)57(30(14-85)120-72)122-64-34(74-19(3)87)45(98)40(93)24(8-79)114-64)59(125-65-35(75-20(4)88)46(99)41(94)25(9-80)115-65)32(121-70)16-111-71-61(52(105)44(97)28(12-83)118-71)127-66-36(76-21(5)89)47(100)42(95)26(10-81)116-66/h17,24-72,79-85,92-109H,8-16H2,1-7H3,(H,73,86)(H,74,87)(H,75,88)(H,76,89)(H,77,90)(H,78,91)/t17-,24+,25+,26+,27+,28+,29+,30+,31+,32+,33+,34+,35+,36+,37+,38+,39+,40+,41+,42+,43+,44+,45+,46+,47+,48+,49+,50+,51+,52-,53-,54-,55-,56+,57+,58+,59+,60+,61-,62-,63+,64-,65-,66-,67-,68-,69+,70-,71-,72+/m0/s1. The Labute approximate surface area is 726 Å². The average molecular weight is 1870 g/mol. The summed E-state index contributed by atoms with van der Waals surface area (Å²) in [6.45, 7) is -3.70. The third-order valence-corrected chi connectivity index (χ3v) is 23.2. The lowest BCUT2D eigenvalue weighted by Crippen LogP contribution is -2.72. The van der Waals surface area contributed by atoms with Crippen LogP contribution in [0.15, 0.2) is 0 Å². The van der Waals surface area contributed by atoms with Crippen LogP contribution in [-0.2, 0) is 119 Å². The molecule has 738 valence electrons. The van der Waals surface area contributed by atoms with Gasteiger partial charge in [0.25, 0.3) is 0 Å². The zero-order chi connectivity index (χ0) is 94.4. The molecule has 0 saturated carbocycles. The number of hydrogen-bond donors (Lipinski definition) is 31. The number of aliphatic hydroxyl groups is 25. The molecule has 0 radical (unpaired) electrons. The topological polar surface area (TPSA) is 856 Å². The fourth-order valence-electron chi connectivity index (χ4n) is 16.6. The van der Waals surface area contributed by atoms with Gasteiger partial charge < -0.3 is 250 Å². The van der Waals surface area contributed by atoms with Crippen LogP contribution in [0.3, 0.4) is 0 Å². The fraction of sp³-hybridized carbons (Fsp3) is 0.917. The summed E-state index contributed by atoms with van der Waals surface area (Å²) in [5.74, 6) is -5.73. The summed E-state index contributed by atoms with van der Waals surface area (Å²) in [5, 5.41) is 299. The smallest absolute Gasteiger partial charge is 0.217 e. The zero-order valence-electron chi connectivity index (χ0n) is 69.6. The Hall–Kier alpha value is -4.94. The highest BCUT2D eigenvalue weighted by Crippen LogP contribution is 2.42. The zero-order valence-corrected chi connectivity index (χ0v) is 69.6. The number of rotatable bonds is 33. The Morgan fingerprint density at radius 3 is 0.867 bits per heavy atom. The van der Waals surface area contributed by atoms with Crippen molar-refractivity contribution >= 4 is 35.4 Å². The van der Waals surface area contributed by atoms with Crippen LogP contribution in [0.4, 0.5) is 0 Å². The third kappa shape index (κ3) is 23.8. The first-order chi connectivity index (χ1) is 60.5.